The Kier molecular flexibility index (Phi) is 9.34. The van der Waals surface area contributed by atoms with Crippen molar-refractivity contribution in [3.8, 4) is 11.4 Å². The Morgan fingerprint density at radius 3 is 1.31 bits per heavy atom. The molecular formula is C46H50N2O2SeSi3. The Morgan fingerprint density at radius 2 is 0.889 bits per heavy atom. The molecule has 2 heterocycles. The van der Waals surface area contributed by atoms with E-state index in [4.69, 9.17) is 0 Å². The summed E-state index contributed by atoms with van der Waals surface area (Å²) in [5, 5.41) is 6.47. The van der Waals surface area contributed by atoms with Crippen LogP contribution >= 0.6 is 0 Å². The van der Waals surface area contributed by atoms with Gasteiger partial charge in [0.1, 0.15) is 0 Å². The van der Waals surface area contributed by atoms with Crippen molar-refractivity contribution in [1.82, 2.24) is 9.13 Å². The quantitative estimate of drug-likeness (QED) is 0.136. The van der Waals surface area contributed by atoms with Gasteiger partial charge in [-0.2, -0.15) is 0 Å². The van der Waals surface area contributed by atoms with E-state index in [-0.39, 0.29) is 0 Å². The summed E-state index contributed by atoms with van der Waals surface area (Å²) in [4.78, 5) is 0. The van der Waals surface area contributed by atoms with E-state index >= 15 is 0 Å². The Balaban J connectivity index is 1.16. The summed E-state index contributed by atoms with van der Waals surface area (Å²) in [6.45, 7) is 18.9. The van der Waals surface area contributed by atoms with E-state index in [0.717, 1.165) is 33.4 Å². The maximum atomic E-state index is 14.2. The molecule has 274 valence electrons. The van der Waals surface area contributed by atoms with Crippen molar-refractivity contribution in [1.29, 1.82) is 0 Å². The van der Waals surface area contributed by atoms with Crippen LogP contribution in [-0.4, -0.2) is 47.5 Å². The summed E-state index contributed by atoms with van der Waals surface area (Å²) in [7, 11) is -3.07. The average molecular weight is 826 g/mol. The van der Waals surface area contributed by atoms with Gasteiger partial charge in [-0.15, -0.1) is 0 Å². The molecule has 6 aromatic carbocycles. The zero-order valence-electron chi connectivity index (χ0n) is 32.7. The molecule has 4 nitrogen and oxygen atoms in total. The third kappa shape index (κ3) is 6.58. The molecule has 8 rings (SSSR count). The number of nitrogens with zero attached hydrogens (tertiary/aromatic N) is 2. The van der Waals surface area contributed by atoms with Gasteiger partial charge in [-0.3, -0.25) is 0 Å². The van der Waals surface area contributed by atoms with E-state index in [2.05, 4.69) is 135 Å². The minimum absolute atomic E-state index is 0.362. The zero-order valence-corrected chi connectivity index (χ0v) is 37.8. The topological polar surface area (TPSA) is 44.0 Å². The van der Waals surface area contributed by atoms with Gasteiger partial charge in [0.2, 0.25) is 0 Å². The molecule has 0 bridgehead atoms. The molecule has 0 N–H and O–H groups in total. The van der Waals surface area contributed by atoms with E-state index in [1.165, 1.54) is 55.5 Å². The Hall–Kier alpha value is -4.31. The fourth-order valence-corrected chi connectivity index (χ4v) is 14.4. The summed E-state index contributed by atoms with van der Waals surface area (Å²) in [5.41, 5.74) is 10.5. The van der Waals surface area contributed by atoms with Gasteiger partial charge in [-0.05, 0) is 0 Å². The van der Waals surface area contributed by atoms with Crippen LogP contribution in [0.25, 0.3) is 55.0 Å². The van der Waals surface area contributed by atoms with Crippen LogP contribution in [0.15, 0.2) is 121 Å². The monoisotopic (exact) mass is 826 g/mol. The molecule has 0 unspecified atom stereocenters. The summed E-state index contributed by atoms with van der Waals surface area (Å²) in [6, 6.07) is 44.8. The third-order valence-electron chi connectivity index (χ3n) is 10.8. The van der Waals surface area contributed by atoms with Crippen molar-refractivity contribution in [2.45, 2.75) is 64.8 Å². The van der Waals surface area contributed by atoms with Crippen LogP contribution in [0.2, 0.25) is 45.8 Å². The molecule has 8 heteroatoms. The van der Waals surface area contributed by atoms with Gasteiger partial charge in [-0.1, -0.05) is 0 Å². The molecule has 0 fully saturated rings. The number of aryl methyl sites for hydroxylation is 1. The first kappa shape index (κ1) is 36.7. The van der Waals surface area contributed by atoms with E-state index in [1.807, 2.05) is 24.3 Å². The average Bonchev–Trinajstić information content (AvgIpc) is 3.62. The van der Waals surface area contributed by atoms with Crippen molar-refractivity contribution >= 4 is 96.1 Å². The van der Waals surface area contributed by atoms with Gasteiger partial charge in [0.15, 0.2) is 0 Å². The summed E-state index contributed by atoms with van der Waals surface area (Å²) >= 11 is -4.70. The maximum absolute atomic E-state index is 14.2. The molecule has 0 amide bonds. The number of hydrogen-bond donors (Lipinski definition) is 0. The third-order valence-corrected chi connectivity index (χ3v) is 19.1. The standard InChI is InChI=1S/C46H50N2O2SeSi3/c1-31-9-21-43-39(25-31)40-26-32(29-52(2)3)10-22-44(40)47(43)34-12-16-36(17-13-34)51(49,50)37-18-14-35(15-19-37)48-45-23-11-33(30-53(4)5)27-41(45)42-28-38(54(6,7)8)20-24-46(42)48/h9-28,52-53H,29-30H2,1-8H3. The Bertz CT molecular complexity index is 2830. The number of rotatable bonds is 9. The molecule has 0 aliphatic heterocycles. The first-order valence-corrected chi connectivity index (χ1v) is 32.1. The summed E-state index contributed by atoms with van der Waals surface area (Å²) in [6.07, 6.45) is 0. The fraction of sp³-hybridized carbons (Fsp3) is 0.217. The Morgan fingerprint density at radius 1 is 0.500 bits per heavy atom. The summed E-state index contributed by atoms with van der Waals surface area (Å²) < 4.78 is 33.6. The molecule has 0 aliphatic rings. The summed E-state index contributed by atoms with van der Waals surface area (Å²) in [5.74, 6) is 0. The molecule has 0 spiro atoms. The molecule has 2 aromatic heterocycles. The molecule has 8 aromatic rings. The van der Waals surface area contributed by atoms with Gasteiger partial charge >= 0.3 is 327 Å². The van der Waals surface area contributed by atoms with Gasteiger partial charge < -0.3 is 0 Å². The molecule has 0 aliphatic carbocycles. The van der Waals surface area contributed by atoms with Crippen molar-refractivity contribution < 1.29 is 7.67 Å². The van der Waals surface area contributed by atoms with Gasteiger partial charge in [0.05, 0.1) is 0 Å². The number of hydrogen-bond acceptors (Lipinski definition) is 2. The molecule has 0 atom stereocenters. The van der Waals surface area contributed by atoms with E-state index in [9.17, 15) is 7.67 Å². The normalized spacial score (nSPS) is 12.7. The van der Waals surface area contributed by atoms with E-state index < -0.39 is 38.4 Å². The minimum atomic E-state index is -4.70. The second-order valence-electron chi connectivity index (χ2n) is 17.1. The molecule has 0 saturated heterocycles. The number of aromatic nitrogens is 2. The van der Waals surface area contributed by atoms with Crippen molar-refractivity contribution in [3.05, 3.63) is 138 Å². The SMILES string of the molecule is Cc1ccc2c(c1)c1cc(C[SiH](C)C)ccc1n2-c1ccc([Se](=O)(=O)c2ccc(-n3c4ccc(C[SiH](C)C)cc4c4cc([Si](C)(C)C)ccc43)cc2)cc1. The van der Waals surface area contributed by atoms with Gasteiger partial charge in [-0.25, -0.2) is 0 Å². The number of fused-ring (bicyclic) bond motifs is 6. The first-order chi connectivity index (χ1) is 25.7. The number of benzene rings is 6. The molecule has 54 heavy (non-hydrogen) atoms. The van der Waals surface area contributed by atoms with Crippen molar-refractivity contribution in [3.63, 3.8) is 0 Å². The molecule has 0 radical (unpaired) electrons. The van der Waals surface area contributed by atoms with Crippen LogP contribution in [0, 0.1) is 6.92 Å². The van der Waals surface area contributed by atoms with Crippen LogP contribution in [-0.2, 0) is 19.8 Å². The van der Waals surface area contributed by atoms with Crippen molar-refractivity contribution in [2.75, 3.05) is 0 Å². The van der Waals surface area contributed by atoms with E-state index in [0.29, 0.717) is 8.92 Å². The second kappa shape index (κ2) is 13.8. The van der Waals surface area contributed by atoms with Crippen LogP contribution in [0.1, 0.15) is 16.7 Å². The predicted octanol–water partition coefficient (Wildman–Crippen LogP) is 9.29. The van der Waals surface area contributed by atoms with Gasteiger partial charge in [0.25, 0.3) is 0 Å². The predicted molar refractivity (Wildman–Crippen MR) is 241 cm³/mol. The Labute approximate surface area is 325 Å². The second-order valence-corrected chi connectivity index (χ2v) is 32.6. The van der Waals surface area contributed by atoms with Crippen LogP contribution < -0.4 is 14.1 Å². The first-order valence-electron chi connectivity index (χ1n) is 19.3. The van der Waals surface area contributed by atoms with Crippen molar-refractivity contribution in [2.24, 2.45) is 0 Å². The zero-order chi connectivity index (χ0) is 38.1. The van der Waals surface area contributed by atoms with Crippen LogP contribution in [0.3, 0.4) is 0 Å². The van der Waals surface area contributed by atoms with E-state index in [1.54, 1.807) is 24.3 Å². The molecular weight excluding hydrogens is 776 g/mol. The van der Waals surface area contributed by atoms with Crippen LogP contribution in [0.5, 0.6) is 0 Å². The fourth-order valence-electron chi connectivity index (χ4n) is 8.16. The molecule has 0 saturated carbocycles. The van der Waals surface area contributed by atoms with Gasteiger partial charge in [0, 0.05) is 0 Å². The van der Waals surface area contributed by atoms with Crippen LogP contribution in [0.4, 0.5) is 0 Å².